The second-order valence-corrected chi connectivity index (χ2v) is 6.23. The molecule has 5 heteroatoms. The summed E-state index contributed by atoms with van der Waals surface area (Å²) in [7, 11) is 0. The van der Waals surface area contributed by atoms with Gasteiger partial charge in [0.1, 0.15) is 0 Å². The molecule has 3 N–H and O–H groups in total. The first kappa shape index (κ1) is 15.0. The van der Waals surface area contributed by atoms with Gasteiger partial charge in [-0.3, -0.25) is 0 Å². The highest BCUT2D eigenvalue weighted by Crippen LogP contribution is 2.39. The lowest BCUT2D eigenvalue weighted by atomic mass is 9.73. The van der Waals surface area contributed by atoms with Crippen LogP contribution in [0.2, 0.25) is 0 Å². The van der Waals surface area contributed by atoms with Crippen LogP contribution in [0.25, 0.3) is 0 Å². The molecule has 0 aromatic heterocycles. The van der Waals surface area contributed by atoms with Crippen molar-refractivity contribution >= 4 is 11.4 Å². The summed E-state index contributed by atoms with van der Waals surface area (Å²) in [5, 5.41) is 3.26. The van der Waals surface area contributed by atoms with E-state index in [9.17, 15) is 13.2 Å². The highest BCUT2D eigenvalue weighted by Gasteiger charge is 2.35. The van der Waals surface area contributed by atoms with Crippen LogP contribution in [0.5, 0.6) is 0 Å². The number of benzene rings is 1. The highest BCUT2D eigenvalue weighted by molar-refractivity contribution is 5.58. The Hall–Kier alpha value is -1.39. The van der Waals surface area contributed by atoms with Crippen LogP contribution in [0.1, 0.15) is 45.1 Å². The average Bonchev–Trinajstić information content (AvgIpc) is 2.32. The van der Waals surface area contributed by atoms with Crippen molar-refractivity contribution < 1.29 is 13.2 Å². The first-order chi connectivity index (χ1) is 9.20. The van der Waals surface area contributed by atoms with E-state index in [0.717, 1.165) is 25.3 Å². The molecule has 0 bridgehead atoms. The van der Waals surface area contributed by atoms with Crippen LogP contribution in [-0.2, 0) is 6.18 Å². The molecule has 2 rings (SSSR count). The van der Waals surface area contributed by atoms with E-state index in [1.165, 1.54) is 12.5 Å². The quantitative estimate of drug-likeness (QED) is 0.775. The predicted molar refractivity (Wildman–Crippen MR) is 75.5 cm³/mol. The molecule has 1 atom stereocenters. The molecule has 0 radical (unpaired) electrons. The second-order valence-electron chi connectivity index (χ2n) is 6.23. The summed E-state index contributed by atoms with van der Waals surface area (Å²) in [5.41, 5.74) is 5.00. The van der Waals surface area contributed by atoms with Crippen LogP contribution in [0, 0.1) is 5.41 Å². The normalized spacial score (nSPS) is 22.6. The van der Waals surface area contributed by atoms with Crippen LogP contribution < -0.4 is 11.1 Å². The third-order valence-electron chi connectivity index (χ3n) is 4.21. The van der Waals surface area contributed by atoms with Gasteiger partial charge in [0.2, 0.25) is 0 Å². The number of nitrogens with one attached hydrogen (secondary N) is 1. The number of hydrogen-bond donors (Lipinski definition) is 2. The van der Waals surface area contributed by atoms with Gasteiger partial charge in [0.25, 0.3) is 0 Å². The van der Waals surface area contributed by atoms with Crippen LogP contribution in [-0.4, -0.2) is 6.04 Å². The molecule has 0 aliphatic heterocycles. The van der Waals surface area contributed by atoms with Gasteiger partial charge in [0.05, 0.1) is 5.56 Å². The molecule has 1 fully saturated rings. The maximum atomic E-state index is 12.9. The Morgan fingerprint density at radius 3 is 2.55 bits per heavy atom. The van der Waals surface area contributed by atoms with Crippen LogP contribution in [0.3, 0.4) is 0 Å². The molecule has 1 aliphatic carbocycles. The van der Waals surface area contributed by atoms with Crippen LogP contribution in [0.4, 0.5) is 24.5 Å². The molecule has 20 heavy (non-hydrogen) atoms. The minimum Gasteiger partial charge on any atom is -0.398 e. The Morgan fingerprint density at radius 1 is 1.25 bits per heavy atom. The summed E-state index contributed by atoms with van der Waals surface area (Å²) in [6.07, 6.45) is -0.0444. The molecule has 1 unspecified atom stereocenters. The summed E-state index contributed by atoms with van der Waals surface area (Å²) in [6.45, 7) is 4.32. The van der Waals surface area contributed by atoms with Gasteiger partial charge in [-0.05, 0) is 36.5 Å². The van der Waals surface area contributed by atoms with E-state index in [-0.39, 0.29) is 17.1 Å². The largest absolute Gasteiger partial charge is 0.418 e. The molecule has 0 spiro atoms. The number of nitrogen functional groups attached to an aromatic ring is 1. The summed E-state index contributed by atoms with van der Waals surface area (Å²) in [5.74, 6) is 0. The van der Waals surface area contributed by atoms with Crippen molar-refractivity contribution in [2.24, 2.45) is 5.41 Å². The third kappa shape index (κ3) is 3.19. The van der Waals surface area contributed by atoms with Crippen molar-refractivity contribution in [2.75, 3.05) is 11.1 Å². The lowest BCUT2D eigenvalue weighted by Gasteiger charge is -2.39. The zero-order valence-electron chi connectivity index (χ0n) is 11.8. The number of anilines is 2. The number of halogens is 3. The lowest BCUT2D eigenvalue weighted by Crippen LogP contribution is -2.38. The highest BCUT2D eigenvalue weighted by atomic mass is 19.4. The number of hydrogen-bond acceptors (Lipinski definition) is 2. The summed E-state index contributed by atoms with van der Waals surface area (Å²) < 4.78 is 38.6. The van der Waals surface area contributed by atoms with E-state index >= 15 is 0 Å². The van der Waals surface area contributed by atoms with Gasteiger partial charge in [0, 0.05) is 17.4 Å². The number of rotatable bonds is 2. The van der Waals surface area contributed by atoms with E-state index in [0.29, 0.717) is 5.69 Å². The fourth-order valence-corrected chi connectivity index (χ4v) is 2.85. The van der Waals surface area contributed by atoms with E-state index in [1.54, 1.807) is 6.07 Å². The Bertz CT molecular complexity index is 480. The average molecular weight is 286 g/mol. The molecule has 2 nitrogen and oxygen atoms in total. The van der Waals surface area contributed by atoms with E-state index in [2.05, 4.69) is 19.2 Å². The summed E-state index contributed by atoms with van der Waals surface area (Å²) in [6, 6.07) is 4.25. The summed E-state index contributed by atoms with van der Waals surface area (Å²) >= 11 is 0. The number of alkyl halides is 3. The monoisotopic (exact) mass is 286 g/mol. The van der Waals surface area contributed by atoms with Gasteiger partial charge in [-0.25, -0.2) is 0 Å². The summed E-state index contributed by atoms with van der Waals surface area (Å²) in [4.78, 5) is 0. The van der Waals surface area contributed by atoms with E-state index in [4.69, 9.17) is 5.73 Å². The van der Waals surface area contributed by atoms with Gasteiger partial charge in [-0.2, -0.15) is 13.2 Å². The molecule has 1 aliphatic rings. The van der Waals surface area contributed by atoms with Crippen LogP contribution in [0.15, 0.2) is 18.2 Å². The molecular weight excluding hydrogens is 265 g/mol. The Kier molecular flexibility index (Phi) is 3.89. The number of nitrogens with two attached hydrogens (primary N) is 1. The third-order valence-corrected chi connectivity index (χ3v) is 4.21. The van der Waals surface area contributed by atoms with Crippen molar-refractivity contribution in [3.63, 3.8) is 0 Å². The SMILES string of the molecule is CC1(C)CCCCC1Nc1ccc(N)c(C(F)(F)F)c1. The Morgan fingerprint density at radius 2 is 1.95 bits per heavy atom. The maximum Gasteiger partial charge on any atom is 0.418 e. The fraction of sp³-hybridized carbons (Fsp3) is 0.600. The van der Waals surface area contributed by atoms with Crippen molar-refractivity contribution in [1.29, 1.82) is 0 Å². The second kappa shape index (κ2) is 5.19. The lowest BCUT2D eigenvalue weighted by molar-refractivity contribution is -0.136. The molecule has 112 valence electrons. The van der Waals surface area contributed by atoms with Gasteiger partial charge in [0.15, 0.2) is 0 Å². The molecule has 1 aromatic rings. The standard InChI is InChI=1S/C15H21F3N2/c1-14(2)8-4-3-5-13(14)20-10-6-7-12(19)11(9-10)15(16,17)18/h6-7,9,13,20H,3-5,8,19H2,1-2H3. The Labute approximate surface area is 117 Å². The maximum absolute atomic E-state index is 12.9. The van der Waals surface area contributed by atoms with Gasteiger partial charge < -0.3 is 11.1 Å². The first-order valence-corrected chi connectivity index (χ1v) is 6.93. The topological polar surface area (TPSA) is 38.0 Å². The fourth-order valence-electron chi connectivity index (χ4n) is 2.85. The van der Waals surface area contributed by atoms with Gasteiger partial charge >= 0.3 is 6.18 Å². The zero-order valence-corrected chi connectivity index (χ0v) is 11.8. The van der Waals surface area contributed by atoms with E-state index in [1.807, 2.05) is 0 Å². The molecular formula is C15H21F3N2. The predicted octanol–water partition coefficient (Wildman–Crippen LogP) is 4.67. The van der Waals surface area contributed by atoms with Crippen molar-refractivity contribution in [1.82, 2.24) is 0 Å². The smallest absolute Gasteiger partial charge is 0.398 e. The first-order valence-electron chi connectivity index (χ1n) is 6.93. The van der Waals surface area contributed by atoms with Gasteiger partial charge in [-0.15, -0.1) is 0 Å². The molecule has 0 heterocycles. The molecule has 0 amide bonds. The zero-order chi connectivity index (χ0) is 15.0. The molecule has 0 saturated heterocycles. The van der Waals surface area contributed by atoms with E-state index < -0.39 is 11.7 Å². The Balaban J connectivity index is 2.22. The molecule has 1 saturated carbocycles. The van der Waals surface area contributed by atoms with Crippen molar-refractivity contribution in [3.8, 4) is 0 Å². The van der Waals surface area contributed by atoms with Crippen LogP contribution >= 0.6 is 0 Å². The van der Waals surface area contributed by atoms with Crippen molar-refractivity contribution in [3.05, 3.63) is 23.8 Å². The van der Waals surface area contributed by atoms with Crippen molar-refractivity contribution in [2.45, 2.75) is 51.7 Å². The minimum absolute atomic E-state index is 0.0953. The molecule has 1 aromatic carbocycles. The van der Waals surface area contributed by atoms with Gasteiger partial charge in [-0.1, -0.05) is 26.7 Å². The minimum atomic E-state index is -4.41.